The minimum Gasteiger partial charge on any atom is -0.389 e. The van der Waals surface area contributed by atoms with Crippen molar-refractivity contribution < 1.29 is 4.79 Å². The Balaban J connectivity index is 2.42. The third-order valence-electron chi connectivity index (χ3n) is 3.00. The predicted octanol–water partition coefficient (Wildman–Crippen LogP) is 4.12. The monoisotopic (exact) mass is 426 g/mol. The van der Waals surface area contributed by atoms with E-state index < -0.39 is 0 Å². The summed E-state index contributed by atoms with van der Waals surface area (Å²) in [5.74, 6) is -0.141. The Hall–Kier alpha value is -1.24. The van der Waals surface area contributed by atoms with Gasteiger partial charge >= 0.3 is 0 Å². The van der Waals surface area contributed by atoms with E-state index in [0.717, 1.165) is 8.95 Å². The lowest BCUT2D eigenvalue weighted by molar-refractivity contribution is 0.0992. The van der Waals surface area contributed by atoms with Crippen LogP contribution in [0.3, 0.4) is 0 Å². The minimum absolute atomic E-state index is 0.141. The molecule has 1 amide bonds. The molecule has 0 aliphatic heterocycles. The highest BCUT2D eigenvalue weighted by molar-refractivity contribution is 9.11. The van der Waals surface area contributed by atoms with Gasteiger partial charge in [0.15, 0.2) is 0 Å². The molecule has 108 valence electrons. The van der Waals surface area contributed by atoms with Gasteiger partial charge in [0.05, 0.1) is 11.3 Å². The SMILES string of the molecule is CN(C(=O)c1ccc(Br)cc1Br)c1ccccc1C(N)=S. The van der Waals surface area contributed by atoms with E-state index >= 15 is 0 Å². The number of hydrogen-bond donors (Lipinski definition) is 1. The summed E-state index contributed by atoms with van der Waals surface area (Å²) in [4.78, 5) is 14.5. The highest BCUT2D eigenvalue weighted by Crippen LogP contribution is 2.26. The van der Waals surface area contributed by atoms with E-state index in [1.165, 1.54) is 0 Å². The van der Waals surface area contributed by atoms with Gasteiger partial charge in [-0.25, -0.2) is 0 Å². The van der Waals surface area contributed by atoms with Crippen LogP contribution in [0.1, 0.15) is 15.9 Å². The first-order chi connectivity index (χ1) is 9.91. The molecule has 21 heavy (non-hydrogen) atoms. The van der Waals surface area contributed by atoms with Gasteiger partial charge in [0, 0.05) is 21.6 Å². The Labute approximate surface area is 145 Å². The molecule has 0 fully saturated rings. The number of carbonyl (C=O) groups is 1. The van der Waals surface area contributed by atoms with Crippen LogP contribution in [0, 0.1) is 0 Å². The summed E-state index contributed by atoms with van der Waals surface area (Å²) in [6.45, 7) is 0. The van der Waals surface area contributed by atoms with Gasteiger partial charge in [-0.15, -0.1) is 0 Å². The maximum absolute atomic E-state index is 12.6. The quantitative estimate of drug-likeness (QED) is 0.749. The second-order valence-corrected chi connectivity index (χ2v) is 6.58. The summed E-state index contributed by atoms with van der Waals surface area (Å²) < 4.78 is 1.62. The van der Waals surface area contributed by atoms with Gasteiger partial charge in [-0.2, -0.15) is 0 Å². The van der Waals surface area contributed by atoms with Gasteiger partial charge in [-0.05, 0) is 46.3 Å². The number of para-hydroxylation sites is 1. The molecule has 2 aromatic carbocycles. The van der Waals surface area contributed by atoms with Crippen molar-refractivity contribution in [1.29, 1.82) is 0 Å². The van der Waals surface area contributed by atoms with Gasteiger partial charge < -0.3 is 10.6 Å². The van der Waals surface area contributed by atoms with Crippen molar-refractivity contribution >= 4 is 60.7 Å². The molecule has 0 unspecified atom stereocenters. The van der Waals surface area contributed by atoms with Crippen molar-refractivity contribution in [1.82, 2.24) is 0 Å². The van der Waals surface area contributed by atoms with E-state index in [1.807, 2.05) is 30.3 Å². The highest BCUT2D eigenvalue weighted by atomic mass is 79.9. The molecule has 0 saturated heterocycles. The second kappa shape index (κ2) is 6.68. The maximum Gasteiger partial charge on any atom is 0.259 e. The van der Waals surface area contributed by atoms with E-state index in [0.29, 0.717) is 16.8 Å². The number of carbonyl (C=O) groups excluding carboxylic acids is 1. The van der Waals surface area contributed by atoms with Crippen molar-refractivity contribution in [3.8, 4) is 0 Å². The number of thiocarbonyl (C=S) groups is 1. The van der Waals surface area contributed by atoms with E-state index in [-0.39, 0.29) is 10.9 Å². The molecule has 2 rings (SSSR count). The summed E-state index contributed by atoms with van der Waals surface area (Å²) in [5.41, 5.74) is 7.65. The Bertz CT molecular complexity index is 719. The van der Waals surface area contributed by atoms with Gasteiger partial charge in [0.25, 0.3) is 5.91 Å². The van der Waals surface area contributed by atoms with Crippen LogP contribution in [0.15, 0.2) is 51.4 Å². The van der Waals surface area contributed by atoms with Crippen LogP contribution in [0.4, 0.5) is 5.69 Å². The molecule has 0 aliphatic carbocycles. The number of benzene rings is 2. The molecule has 6 heteroatoms. The molecule has 0 bridgehead atoms. The lowest BCUT2D eigenvalue weighted by atomic mass is 10.1. The smallest absolute Gasteiger partial charge is 0.259 e. The molecule has 0 heterocycles. The van der Waals surface area contributed by atoms with Crippen LogP contribution in [0.5, 0.6) is 0 Å². The van der Waals surface area contributed by atoms with Crippen LogP contribution >= 0.6 is 44.1 Å². The number of nitrogens with zero attached hydrogens (tertiary/aromatic N) is 1. The third kappa shape index (κ3) is 3.51. The standard InChI is InChI=1S/C15H12Br2N2OS/c1-19(13-5-3-2-4-11(13)14(18)21)15(20)10-7-6-9(16)8-12(10)17/h2-8H,1H3,(H2,18,21). The molecule has 0 aromatic heterocycles. The second-order valence-electron chi connectivity index (χ2n) is 4.37. The molecular weight excluding hydrogens is 416 g/mol. The zero-order valence-corrected chi connectivity index (χ0v) is 15.1. The van der Waals surface area contributed by atoms with Gasteiger partial charge in [0.2, 0.25) is 0 Å². The van der Waals surface area contributed by atoms with Gasteiger partial charge in [-0.3, -0.25) is 4.79 Å². The molecule has 2 N–H and O–H groups in total. The first-order valence-corrected chi connectivity index (χ1v) is 8.03. The molecule has 2 aromatic rings. The molecule has 0 saturated carbocycles. The molecule has 0 atom stereocenters. The fraction of sp³-hybridized carbons (Fsp3) is 0.0667. The lowest BCUT2D eigenvalue weighted by Gasteiger charge is -2.21. The summed E-state index contributed by atoms with van der Waals surface area (Å²) in [5, 5.41) is 0. The Morgan fingerprint density at radius 1 is 1.14 bits per heavy atom. The van der Waals surface area contributed by atoms with Crippen LogP contribution in [-0.2, 0) is 0 Å². The average Bonchev–Trinajstić information content (AvgIpc) is 2.45. The zero-order valence-electron chi connectivity index (χ0n) is 11.1. The fourth-order valence-electron chi connectivity index (χ4n) is 1.93. The van der Waals surface area contributed by atoms with E-state index in [1.54, 1.807) is 24.1 Å². The van der Waals surface area contributed by atoms with Crippen LogP contribution in [0.25, 0.3) is 0 Å². The first-order valence-electron chi connectivity index (χ1n) is 6.03. The maximum atomic E-state index is 12.6. The molecule has 0 radical (unpaired) electrons. The minimum atomic E-state index is -0.141. The molecule has 0 spiro atoms. The van der Waals surface area contributed by atoms with Crippen molar-refractivity contribution in [2.75, 3.05) is 11.9 Å². The van der Waals surface area contributed by atoms with Crippen LogP contribution < -0.4 is 10.6 Å². The topological polar surface area (TPSA) is 46.3 Å². The zero-order chi connectivity index (χ0) is 15.6. The first kappa shape index (κ1) is 16.1. The Kier molecular flexibility index (Phi) is 5.13. The number of hydrogen-bond acceptors (Lipinski definition) is 2. The largest absolute Gasteiger partial charge is 0.389 e. The number of anilines is 1. The molecular formula is C15H12Br2N2OS. The summed E-state index contributed by atoms with van der Waals surface area (Å²) in [7, 11) is 1.70. The number of nitrogens with two attached hydrogens (primary N) is 1. The summed E-state index contributed by atoms with van der Waals surface area (Å²) in [6, 6.07) is 12.7. The molecule has 0 aliphatic rings. The van der Waals surface area contributed by atoms with E-state index in [4.69, 9.17) is 18.0 Å². The van der Waals surface area contributed by atoms with Crippen molar-refractivity contribution in [2.45, 2.75) is 0 Å². The Morgan fingerprint density at radius 3 is 2.43 bits per heavy atom. The van der Waals surface area contributed by atoms with E-state index in [2.05, 4.69) is 31.9 Å². The van der Waals surface area contributed by atoms with E-state index in [9.17, 15) is 4.79 Å². The molecule has 3 nitrogen and oxygen atoms in total. The van der Waals surface area contributed by atoms with Crippen molar-refractivity contribution in [3.05, 3.63) is 62.5 Å². The lowest BCUT2D eigenvalue weighted by Crippen LogP contribution is -2.29. The fourth-order valence-corrected chi connectivity index (χ4v) is 3.32. The van der Waals surface area contributed by atoms with Gasteiger partial charge in [0.1, 0.15) is 4.99 Å². The number of halogens is 2. The van der Waals surface area contributed by atoms with Crippen molar-refractivity contribution in [2.24, 2.45) is 5.73 Å². The summed E-state index contributed by atoms with van der Waals surface area (Å²) in [6.07, 6.45) is 0. The van der Waals surface area contributed by atoms with Crippen LogP contribution in [-0.4, -0.2) is 17.9 Å². The predicted molar refractivity (Wildman–Crippen MR) is 96.9 cm³/mol. The van der Waals surface area contributed by atoms with Crippen LogP contribution in [0.2, 0.25) is 0 Å². The number of rotatable bonds is 3. The summed E-state index contributed by atoms with van der Waals surface area (Å²) >= 11 is 11.8. The normalized spacial score (nSPS) is 10.2. The number of amides is 1. The van der Waals surface area contributed by atoms with Crippen molar-refractivity contribution in [3.63, 3.8) is 0 Å². The third-order valence-corrected chi connectivity index (χ3v) is 4.37. The average molecular weight is 428 g/mol. The van der Waals surface area contributed by atoms with Gasteiger partial charge in [-0.1, -0.05) is 40.3 Å². The highest BCUT2D eigenvalue weighted by Gasteiger charge is 2.19. The Morgan fingerprint density at radius 2 is 1.81 bits per heavy atom.